The highest BCUT2D eigenvalue weighted by Gasteiger charge is 2.11. The van der Waals surface area contributed by atoms with Crippen molar-refractivity contribution in [2.45, 2.75) is 13.0 Å². The molecule has 0 aliphatic rings. The van der Waals surface area contributed by atoms with Crippen LogP contribution >= 0.6 is 0 Å². The largest absolute Gasteiger partial charge is 0.378 e. The predicted molar refractivity (Wildman–Crippen MR) is 82.9 cm³/mol. The van der Waals surface area contributed by atoms with Gasteiger partial charge in [-0.1, -0.05) is 42.0 Å². The van der Waals surface area contributed by atoms with Gasteiger partial charge >= 0.3 is 0 Å². The minimum atomic E-state index is 0.247. The monoisotopic (exact) mass is 254 g/mol. The van der Waals surface area contributed by atoms with E-state index >= 15 is 0 Å². The van der Waals surface area contributed by atoms with E-state index in [4.69, 9.17) is 0 Å². The molecule has 1 atom stereocenters. The van der Waals surface area contributed by atoms with E-state index in [0.29, 0.717) is 0 Å². The molecule has 0 saturated heterocycles. The van der Waals surface area contributed by atoms with Crippen LogP contribution in [0.2, 0.25) is 0 Å². The molecule has 0 heterocycles. The Morgan fingerprint density at radius 2 is 1.32 bits per heavy atom. The van der Waals surface area contributed by atoms with E-state index in [-0.39, 0.29) is 6.04 Å². The summed E-state index contributed by atoms with van der Waals surface area (Å²) in [5.41, 5.74) is 5.10. The van der Waals surface area contributed by atoms with Gasteiger partial charge in [-0.05, 0) is 37.2 Å². The van der Waals surface area contributed by atoms with Crippen LogP contribution in [-0.4, -0.2) is 21.1 Å². The van der Waals surface area contributed by atoms with Crippen molar-refractivity contribution in [3.8, 4) is 0 Å². The Morgan fingerprint density at radius 3 is 1.74 bits per heavy atom. The summed E-state index contributed by atoms with van der Waals surface area (Å²) in [6.45, 7) is 2.12. The molecule has 1 unspecified atom stereocenters. The van der Waals surface area contributed by atoms with Gasteiger partial charge in [0.15, 0.2) is 0 Å². The lowest BCUT2D eigenvalue weighted by Crippen LogP contribution is -2.17. The second-order valence-corrected chi connectivity index (χ2v) is 5.12. The first-order valence-electron chi connectivity index (χ1n) is 6.63. The fraction of sp³-hybridized carbons (Fsp3) is 0.294. The molecule has 0 aromatic heterocycles. The molecule has 2 nitrogen and oxygen atoms in total. The van der Waals surface area contributed by atoms with Crippen LogP contribution in [0.5, 0.6) is 0 Å². The molecule has 2 heteroatoms. The molecule has 1 N–H and O–H groups in total. The number of aryl methyl sites for hydroxylation is 1. The third kappa shape index (κ3) is 3.15. The van der Waals surface area contributed by atoms with Crippen LogP contribution in [0.3, 0.4) is 0 Å². The van der Waals surface area contributed by atoms with E-state index in [9.17, 15) is 0 Å². The van der Waals surface area contributed by atoms with Crippen LogP contribution in [0.15, 0.2) is 48.5 Å². The zero-order valence-corrected chi connectivity index (χ0v) is 12.1. The zero-order chi connectivity index (χ0) is 13.8. The summed E-state index contributed by atoms with van der Waals surface area (Å²) in [5.74, 6) is 0. The molecule has 0 aliphatic heterocycles. The Balaban J connectivity index is 2.28. The van der Waals surface area contributed by atoms with Crippen molar-refractivity contribution < 1.29 is 0 Å². The van der Waals surface area contributed by atoms with Gasteiger partial charge in [-0.2, -0.15) is 0 Å². The van der Waals surface area contributed by atoms with Gasteiger partial charge in [0.2, 0.25) is 0 Å². The molecule has 2 aromatic rings. The second kappa shape index (κ2) is 5.89. The molecule has 2 aromatic carbocycles. The average molecular weight is 254 g/mol. The molecule has 0 bridgehead atoms. The van der Waals surface area contributed by atoms with Gasteiger partial charge in [0.25, 0.3) is 0 Å². The molecule has 0 aliphatic carbocycles. The molecule has 0 saturated carbocycles. The topological polar surface area (TPSA) is 15.3 Å². The fourth-order valence-corrected chi connectivity index (χ4v) is 2.25. The zero-order valence-electron chi connectivity index (χ0n) is 12.1. The van der Waals surface area contributed by atoms with Gasteiger partial charge < -0.3 is 10.2 Å². The van der Waals surface area contributed by atoms with E-state index < -0.39 is 0 Å². The number of hydrogen-bond donors (Lipinski definition) is 1. The lowest BCUT2D eigenvalue weighted by molar-refractivity contribution is 0.691. The maximum atomic E-state index is 3.39. The third-order valence-corrected chi connectivity index (χ3v) is 3.44. The third-order valence-electron chi connectivity index (χ3n) is 3.44. The van der Waals surface area contributed by atoms with Crippen molar-refractivity contribution in [1.29, 1.82) is 0 Å². The quantitative estimate of drug-likeness (QED) is 0.900. The summed E-state index contributed by atoms with van der Waals surface area (Å²) < 4.78 is 0. The van der Waals surface area contributed by atoms with E-state index in [1.54, 1.807) is 0 Å². The fourth-order valence-electron chi connectivity index (χ4n) is 2.25. The highest BCUT2D eigenvalue weighted by atomic mass is 15.1. The van der Waals surface area contributed by atoms with Crippen molar-refractivity contribution in [1.82, 2.24) is 5.32 Å². The van der Waals surface area contributed by atoms with Gasteiger partial charge in [-0.3, -0.25) is 0 Å². The summed E-state index contributed by atoms with van der Waals surface area (Å²) in [5, 5.41) is 3.39. The molecule has 0 amide bonds. The van der Waals surface area contributed by atoms with Crippen LogP contribution in [0.25, 0.3) is 0 Å². The molecule has 2 rings (SSSR count). The van der Waals surface area contributed by atoms with Crippen LogP contribution in [0.1, 0.15) is 22.7 Å². The normalized spacial score (nSPS) is 12.2. The Hall–Kier alpha value is -1.80. The van der Waals surface area contributed by atoms with Crippen LogP contribution < -0.4 is 10.2 Å². The first-order chi connectivity index (χ1) is 9.11. The van der Waals surface area contributed by atoms with E-state index in [0.717, 1.165) is 0 Å². The van der Waals surface area contributed by atoms with Gasteiger partial charge in [-0.15, -0.1) is 0 Å². The number of anilines is 1. The Kier molecular flexibility index (Phi) is 4.23. The van der Waals surface area contributed by atoms with Gasteiger partial charge in [-0.25, -0.2) is 0 Å². The summed E-state index contributed by atoms with van der Waals surface area (Å²) >= 11 is 0. The van der Waals surface area contributed by atoms with Crippen molar-refractivity contribution in [3.63, 3.8) is 0 Å². The van der Waals surface area contributed by atoms with Gasteiger partial charge in [0, 0.05) is 19.8 Å². The van der Waals surface area contributed by atoms with E-state index in [1.165, 1.54) is 22.4 Å². The number of nitrogens with zero attached hydrogens (tertiary/aromatic N) is 1. The standard InChI is InChI=1S/C17H22N2/c1-13-5-7-14(8-6-13)17(18-2)15-9-11-16(12-10-15)19(3)4/h5-12,17-18H,1-4H3. The van der Waals surface area contributed by atoms with Crippen molar-refractivity contribution in [2.24, 2.45) is 0 Å². The number of hydrogen-bond acceptors (Lipinski definition) is 2. The molecule has 0 fully saturated rings. The molecular weight excluding hydrogens is 232 g/mol. The number of nitrogens with one attached hydrogen (secondary N) is 1. The van der Waals surface area contributed by atoms with Crippen LogP contribution in [0, 0.1) is 6.92 Å². The highest BCUT2D eigenvalue weighted by molar-refractivity contribution is 5.47. The maximum absolute atomic E-state index is 3.39. The van der Waals surface area contributed by atoms with Gasteiger partial charge in [0.05, 0.1) is 6.04 Å². The first-order valence-corrected chi connectivity index (χ1v) is 6.63. The van der Waals surface area contributed by atoms with Crippen molar-refractivity contribution >= 4 is 5.69 Å². The Morgan fingerprint density at radius 1 is 0.842 bits per heavy atom. The molecule has 0 spiro atoms. The lowest BCUT2D eigenvalue weighted by atomic mass is 9.98. The lowest BCUT2D eigenvalue weighted by Gasteiger charge is -2.19. The maximum Gasteiger partial charge on any atom is 0.0574 e. The van der Waals surface area contributed by atoms with Crippen molar-refractivity contribution in [3.05, 3.63) is 65.2 Å². The average Bonchev–Trinajstić information content (AvgIpc) is 2.42. The summed E-state index contributed by atoms with van der Waals surface area (Å²) in [7, 11) is 6.12. The van der Waals surface area contributed by atoms with E-state index in [1.807, 2.05) is 7.05 Å². The molecule has 19 heavy (non-hydrogen) atoms. The Labute approximate surface area is 116 Å². The smallest absolute Gasteiger partial charge is 0.0574 e. The van der Waals surface area contributed by atoms with E-state index in [2.05, 4.69) is 79.8 Å². The summed E-state index contributed by atoms with van der Waals surface area (Å²) in [6.07, 6.45) is 0. The van der Waals surface area contributed by atoms with Crippen LogP contribution in [-0.2, 0) is 0 Å². The molecule has 0 radical (unpaired) electrons. The second-order valence-electron chi connectivity index (χ2n) is 5.12. The number of benzene rings is 2. The Bertz CT molecular complexity index is 512. The van der Waals surface area contributed by atoms with Gasteiger partial charge in [0.1, 0.15) is 0 Å². The summed E-state index contributed by atoms with van der Waals surface area (Å²) in [4.78, 5) is 2.12. The number of rotatable bonds is 4. The predicted octanol–water partition coefficient (Wildman–Crippen LogP) is 3.37. The molecular formula is C17H22N2. The molecule has 100 valence electrons. The summed E-state index contributed by atoms with van der Waals surface area (Å²) in [6, 6.07) is 17.7. The minimum Gasteiger partial charge on any atom is -0.378 e. The van der Waals surface area contributed by atoms with Crippen molar-refractivity contribution in [2.75, 3.05) is 26.0 Å². The minimum absolute atomic E-state index is 0.247. The SMILES string of the molecule is CNC(c1ccc(C)cc1)c1ccc(N(C)C)cc1. The first kappa shape index (κ1) is 13.6. The van der Waals surface area contributed by atoms with Crippen LogP contribution in [0.4, 0.5) is 5.69 Å². The highest BCUT2D eigenvalue weighted by Crippen LogP contribution is 2.24.